The Bertz CT molecular complexity index is 1210. The molecule has 3 heterocycles. The molecule has 1 aliphatic heterocycles. The summed E-state index contributed by atoms with van der Waals surface area (Å²) in [4.78, 5) is 22.7. The lowest BCUT2D eigenvalue weighted by molar-refractivity contribution is -0.123. The van der Waals surface area contributed by atoms with E-state index in [-0.39, 0.29) is 10.1 Å². The van der Waals surface area contributed by atoms with Crippen molar-refractivity contribution in [1.82, 2.24) is 14.2 Å². The number of anilines is 1. The van der Waals surface area contributed by atoms with E-state index in [1.807, 2.05) is 21.0 Å². The number of amides is 1. The van der Waals surface area contributed by atoms with Gasteiger partial charge in [0.1, 0.15) is 10.3 Å². The normalized spacial score (nSPS) is 17.5. The van der Waals surface area contributed by atoms with Crippen LogP contribution in [0.1, 0.15) is 36.8 Å². The van der Waals surface area contributed by atoms with Crippen LogP contribution in [-0.4, -0.2) is 68.3 Å². The summed E-state index contributed by atoms with van der Waals surface area (Å²) in [5.41, 5.74) is 3.12. The first-order valence-electron chi connectivity index (χ1n) is 11.6. The van der Waals surface area contributed by atoms with E-state index in [0.717, 1.165) is 47.2 Å². The average Bonchev–Trinajstić information content (AvgIpc) is 3.50. The van der Waals surface area contributed by atoms with Crippen molar-refractivity contribution < 1.29 is 13.2 Å². The number of rotatable bonds is 8. The number of fused-ring (bicyclic) bond motifs is 1. The molecule has 1 saturated heterocycles. The minimum absolute atomic E-state index is 0.173. The maximum absolute atomic E-state index is 14.0. The van der Waals surface area contributed by atoms with E-state index in [2.05, 4.69) is 24.0 Å². The summed E-state index contributed by atoms with van der Waals surface area (Å²) in [7, 11) is 0.292. The summed E-state index contributed by atoms with van der Waals surface area (Å²) in [6.07, 6.45) is 2.89. The third-order valence-corrected chi connectivity index (χ3v) is 10.7. The zero-order valence-corrected chi connectivity index (χ0v) is 22.6. The number of hydrogen-bond donors (Lipinski definition) is 0. The summed E-state index contributed by atoms with van der Waals surface area (Å²) in [5, 5.41) is 2.41. The number of carbonyl (C=O) groups excluding carboxylic acids is 1. The molecule has 1 fully saturated rings. The van der Waals surface area contributed by atoms with Crippen molar-refractivity contribution in [3.63, 3.8) is 0 Å². The van der Waals surface area contributed by atoms with Crippen molar-refractivity contribution in [2.45, 2.75) is 49.8 Å². The molecule has 0 spiro atoms. The highest BCUT2D eigenvalue weighted by Crippen LogP contribution is 2.35. The minimum Gasteiger partial charge on any atom is -0.309 e. The van der Waals surface area contributed by atoms with Gasteiger partial charge in [0.15, 0.2) is 5.13 Å². The monoisotopic (exact) mass is 520 g/mol. The van der Waals surface area contributed by atoms with Gasteiger partial charge in [-0.05, 0) is 76.3 Å². The molecule has 0 bridgehead atoms. The van der Waals surface area contributed by atoms with E-state index in [1.165, 1.54) is 27.0 Å². The van der Waals surface area contributed by atoms with E-state index in [0.29, 0.717) is 24.6 Å². The van der Waals surface area contributed by atoms with Crippen LogP contribution >= 0.6 is 22.7 Å². The molecule has 2 aromatic heterocycles. The maximum Gasteiger partial charge on any atom is 0.253 e. The number of piperidine rings is 1. The van der Waals surface area contributed by atoms with Crippen LogP contribution in [0.2, 0.25) is 0 Å². The van der Waals surface area contributed by atoms with Crippen LogP contribution in [0.4, 0.5) is 5.13 Å². The fourth-order valence-electron chi connectivity index (χ4n) is 4.35. The molecule has 1 amide bonds. The number of nitrogens with zero attached hydrogens (tertiary/aromatic N) is 4. The van der Waals surface area contributed by atoms with Crippen molar-refractivity contribution in [1.29, 1.82) is 0 Å². The molecular weight excluding hydrogens is 488 g/mol. The molecule has 184 valence electrons. The van der Waals surface area contributed by atoms with Gasteiger partial charge in [0.2, 0.25) is 5.91 Å². The lowest BCUT2D eigenvalue weighted by Gasteiger charge is -2.36. The van der Waals surface area contributed by atoms with E-state index < -0.39 is 16.1 Å². The number of thiophene rings is 1. The Balaban J connectivity index is 1.71. The van der Waals surface area contributed by atoms with Gasteiger partial charge in [-0.3, -0.25) is 9.69 Å². The first-order chi connectivity index (χ1) is 16.2. The van der Waals surface area contributed by atoms with Gasteiger partial charge in [0.25, 0.3) is 10.0 Å². The number of sulfonamides is 1. The summed E-state index contributed by atoms with van der Waals surface area (Å²) < 4.78 is 29.6. The highest BCUT2D eigenvalue weighted by Gasteiger charge is 2.40. The Kier molecular flexibility index (Phi) is 7.73. The number of aryl methyl sites for hydroxylation is 2. The highest BCUT2D eigenvalue weighted by atomic mass is 32.2. The molecule has 10 heteroatoms. The minimum atomic E-state index is -3.72. The number of carbonyl (C=O) groups is 1. The largest absolute Gasteiger partial charge is 0.309 e. The summed E-state index contributed by atoms with van der Waals surface area (Å²) >= 11 is 2.71. The second-order valence-electron chi connectivity index (χ2n) is 9.08. The van der Waals surface area contributed by atoms with Crippen LogP contribution in [-0.2, 0) is 14.8 Å². The van der Waals surface area contributed by atoms with Gasteiger partial charge < -0.3 is 4.90 Å². The molecule has 1 aromatic carbocycles. The van der Waals surface area contributed by atoms with Crippen LogP contribution in [0.15, 0.2) is 33.9 Å². The Labute approximate surface area is 210 Å². The zero-order valence-electron chi connectivity index (χ0n) is 20.2. The second-order valence-corrected chi connectivity index (χ2v) is 13.1. The average molecular weight is 521 g/mol. The Hall–Kier alpha value is -1.85. The smallest absolute Gasteiger partial charge is 0.253 e. The molecule has 34 heavy (non-hydrogen) atoms. The predicted molar refractivity (Wildman–Crippen MR) is 140 cm³/mol. The Morgan fingerprint density at radius 2 is 1.91 bits per heavy atom. The molecule has 4 rings (SSSR count). The quantitative estimate of drug-likeness (QED) is 0.437. The molecule has 0 N–H and O–H groups in total. The van der Waals surface area contributed by atoms with Gasteiger partial charge in [0, 0.05) is 13.1 Å². The fourth-order valence-corrected chi connectivity index (χ4v) is 8.27. The lowest BCUT2D eigenvalue weighted by Crippen LogP contribution is -2.53. The Morgan fingerprint density at radius 1 is 1.15 bits per heavy atom. The van der Waals surface area contributed by atoms with Crippen LogP contribution in [0.3, 0.4) is 0 Å². The van der Waals surface area contributed by atoms with Crippen molar-refractivity contribution in [2.75, 3.05) is 38.6 Å². The zero-order chi connectivity index (χ0) is 24.5. The molecule has 1 aliphatic rings. The number of thiazole rings is 1. The predicted octanol–water partition coefficient (Wildman–Crippen LogP) is 4.50. The molecule has 0 saturated carbocycles. The van der Waals surface area contributed by atoms with Crippen molar-refractivity contribution in [3.05, 3.63) is 40.8 Å². The van der Waals surface area contributed by atoms with Gasteiger partial charge in [-0.2, -0.15) is 4.31 Å². The van der Waals surface area contributed by atoms with Crippen molar-refractivity contribution >= 4 is 54.0 Å². The van der Waals surface area contributed by atoms with Gasteiger partial charge in [-0.1, -0.05) is 36.0 Å². The third kappa shape index (κ3) is 5.06. The summed E-state index contributed by atoms with van der Waals surface area (Å²) in [6, 6.07) is 6.76. The van der Waals surface area contributed by atoms with E-state index in [4.69, 9.17) is 4.98 Å². The standard InChI is InChI=1S/C24H32N4O3S3/c1-17-11-12-18(2)22-21(17)25-24(33-22)27(14-8-13-26(3)4)23(29)19-9-5-6-15-28(19)34(30,31)20-10-7-16-32-20/h7,10-12,16,19H,5-6,8-9,13-15H2,1-4H3. The first-order valence-corrected chi connectivity index (χ1v) is 14.7. The van der Waals surface area contributed by atoms with Crippen LogP contribution in [0.25, 0.3) is 10.2 Å². The first kappa shape index (κ1) is 25.2. The molecule has 1 unspecified atom stereocenters. The SMILES string of the molecule is Cc1ccc(C)c2sc(N(CCCN(C)C)C(=O)C3CCCCN3S(=O)(=O)c3cccs3)nc12. The molecular formula is C24H32N4O3S3. The fraction of sp³-hybridized carbons (Fsp3) is 0.500. The third-order valence-electron chi connectivity index (χ3n) is 6.21. The van der Waals surface area contributed by atoms with Crippen molar-refractivity contribution in [3.8, 4) is 0 Å². The molecule has 0 radical (unpaired) electrons. The van der Waals surface area contributed by atoms with Gasteiger partial charge >= 0.3 is 0 Å². The van der Waals surface area contributed by atoms with E-state index >= 15 is 0 Å². The van der Waals surface area contributed by atoms with Crippen LogP contribution in [0.5, 0.6) is 0 Å². The van der Waals surface area contributed by atoms with Gasteiger partial charge in [-0.15, -0.1) is 11.3 Å². The second kappa shape index (κ2) is 10.4. The number of aromatic nitrogens is 1. The molecule has 3 aromatic rings. The topological polar surface area (TPSA) is 73.8 Å². The molecule has 7 nitrogen and oxygen atoms in total. The van der Waals surface area contributed by atoms with Gasteiger partial charge in [0.05, 0.1) is 10.2 Å². The summed E-state index contributed by atoms with van der Waals surface area (Å²) in [5.74, 6) is -0.173. The number of hydrogen-bond acceptors (Lipinski definition) is 7. The molecule has 0 aliphatic carbocycles. The van der Waals surface area contributed by atoms with Crippen molar-refractivity contribution in [2.24, 2.45) is 0 Å². The Morgan fingerprint density at radius 3 is 2.59 bits per heavy atom. The van der Waals surface area contributed by atoms with Crippen LogP contribution in [0, 0.1) is 13.8 Å². The van der Waals surface area contributed by atoms with Gasteiger partial charge in [-0.25, -0.2) is 13.4 Å². The lowest BCUT2D eigenvalue weighted by atomic mass is 10.0. The molecule has 1 atom stereocenters. The summed E-state index contributed by atoms with van der Waals surface area (Å²) in [6.45, 7) is 5.77. The maximum atomic E-state index is 14.0. The highest BCUT2D eigenvalue weighted by molar-refractivity contribution is 7.91. The van der Waals surface area contributed by atoms with E-state index in [9.17, 15) is 13.2 Å². The van der Waals surface area contributed by atoms with E-state index in [1.54, 1.807) is 22.4 Å². The number of benzene rings is 1. The van der Waals surface area contributed by atoms with Crippen LogP contribution < -0.4 is 4.90 Å².